The number of nitrogens with one attached hydrogen (secondary N) is 1. The number of hydrogen-bond acceptors (Lipinski definition) is 5. The van der Waals surface area contributed by atoms with E-state index in [9.17, 15) is 0 Å². The summed E-state index contributed by atoms with van der Waals surface area (Å²) in [6.07, 6.45) is 0. The molecule has 0 spiro atoms. The lowest BCUT2D eigenvalue weighted by Crippen LogP contribution is -2.21. The van der Waals surface area contributed by atoms with Crippen LogP contribution in [0.25, 0.3) is 0 Å². The summed E-state index contributed by atoms with van der Waals surface area (Å²) in [5, 5.41) is 7.32. The highest BCUT2D eigenvalue weighted by atomic mass is 16.5. The lowest BCUT2D eigenvalue weighted by atomic mass is 10.3. The fraction of sp³-hybridized carbons (Fsp3) is 0.438. The number of hydrogen-bond donors (Lipinski definition) is 1. The van der Waals surface area contributed by atoms with Crippen LogP contribution < -0.4 is 15.0 Å². The number of anilines is 1. The zero-order valence-electron chi connectivity index (χ0n) is 13.1. The second-order valence-corrected chi connectivity index (χ2v) is 5.50. The van der Waals surface area contributed by atoms with Crippen molar-refractivity contribution in [2.75, 3.05) is 19.0 Å². The lowest BCUT2D eigenvalue weighted by Gasteiger charge is -2.13. The van der Waals surface area contributed by atoms with E-state index in [2.05, 4.69) is 24.3 Å². The van der Waals surface area contributed by atoms with Crippen molar-refractivity contribution in [3.63, 3.8) is 0 Å². The highest BCUT2D eigenvalue weighted by Crippen LogP contribution is 2.20. The Kier molecular flexibility index (Phi) is 5.22. The normalized spacial score (nSPS) is 10.9. The van der Waals surface area contributed by atoms with Gasteiger partial charge in [-0.3, -0.25) is 0 Å². The van der Waals surface area contributed by atoms with Crippen molar-refractivity contribution in [1.82, 2.24) is 10.5 Å². The molecule has 0 saturated carbocycles. The van der Waals surface area contributed by atoms with Crippen molar-refractivity contribution >= 4 is 5.69 Å². The van der Waals surface area contributed by atoms with Gasteiger partial charge >= 0.3 is 0 Å². The molecule has 0 saturated heterocycles. The Morgan fingerprint density at radius 1 is 1.29 bits per heavy atom. The molecule has 2 rings (SSSR count). The second kappa shape index (κ2) is 7.13. The Hall–Kier alpha value is -2.01. The molecule has 0 amide bonds. The molecule has 21 heavy (non-hydrogen) atoms. The van der Waals surface area contributed by atoms with Gasteiger partial charge in [0.15, 0.2) is 5.76 Å². The zero-order chi connectivity index (χ0) is 15.2. The number of benzene rings is 1. The Labute approximate surface area is 125 Å². The molecule has 0 radical (unpaired) electrons. The molecule has 0 unspecified atom stereocenters. The van der Waals surface area contributed by atoms with Crippen LogP contribution in [0.1, 0.15) is 25.3 Å². The van der Waals surface area contributed by atoms with Crippen molar-refractivity contribution in [2.24, 2.45) is 0 Å². The molecule has 0 aliphatic heterocycles. The van der Waals surface area contributed by atoms with Crippen LogP contribution in [0.4, 0.5) is 5.69 Å². The average molecular weight is 289 g/mol. The van der Waals surface area contributed by atoms with Crippen LogP contribution >= 0.6 is 0 Å². The Balaban J connectivity index is 1.89. The maximum atomic E-state index is 5.74. The van der Waals surface area contributed by atoms with Crippen LogP contribution in [0.5, 0.6) is 5.75 Å². The van der Waals surface area contributed by atoms with Gasteiger partial charge in [0.1, 0.15) is 12.4 Å². The number of rotatable bonds is 7. The third-order valence-electron chi connectivity index (χ3n) is 3.01. The van der Waals surface area contributed by atoms with E-state index in [-0.39, 0.29) is 0 Å². The molecule has 1 aromatic heterocycles. The van der Waals surface area contributed by atoms with E-state index < -0.39 is 0 Å². The quantitative estimate of drug-likeness (QED) is 0.849. The molecular weight excluding hydrogens is 266 g/mol. The molecule has 0 atom stereocenters. The van der Waals surface area contributed by atoms with Crippen molar-refractivity contribution in [2.45, 2.75) is 33.0 Å². The van der Waals surface area contributed by atoms with Crippen LogP contribution in [-0.4, -0.2) is 25.3 Å². The largest absolute Gasteiger partial charge is 0.485 e. The maximum absolute atomic E-state index is 5.74. The van der Waals surface area contributed by atoms with Crippen LogP contribution in [0, 0.1) is 0 Å². The monoisotopic (exact) mass is 289 g/mol. The van der Waals surface area contributed by atoms with Crippen LogP contribution in [0.15, 0.2) is 34.9 Å². The van der Waals surface area contributed by atoms with E-state index >= 15 is 0 Å². The molecule has 5 heteroatoms. The minimum atomic E-state index is 0.381. The smallest absolute Gasteiger partial charge is 0.174 e. The van der Waals surface area contributed by atoms with Gasteiger partial charge in [0.05, 0.1) is 5.69 Å². The molecule has 0 bridgehead atoms. The minimum absolute atomic E-state index is 0.381. The molecule has 2 aromatic rings. The predicted octanol–water partition coefficient (Wildman–Crippen LogP) is 2.82. The third-order valence-corrected chi connectivity index (χ3v) is 3.01. The summed E-state index contributed by atoms with van der Waals surface area (Å²) in [5.74, 6) is 1.55. The SMILES string of the molecule is CC(C)NCc1cc(COc2cccc(N(C)C)c2)on1. The Morgan fingerprint density at radius 3 is 2.81 bits per heavy atom. The summed E-state index contributed by atoms with van der Waals surface area (Å²) in [7, 11) is 4.01. The zero-order valence-corrected chi connectivity index (χ0v) is 13.1. The number of aromatic nitrogens is 1. The molecule has 1 heterocycles. The summed E-state index contributed by atoms with van der Waals surface area (Å²) in [6.45, 7) is 5.28. The van der Waals surface area contributed by atoms with E-state index in [1.165, 1.54) is 0 Å². The van der Waals surface area contributed by atoms with Gasteiger partial charge in [-0.1, -0.05) is 25.1 Å². The highest BCUT2D eigenvalue weighted by Gasteiger charge is 2.06. The van der Waals surface area contributed by atoms with Gasteiger partial charge in [0, 0.05) is 44.5 Å². The molecule has 0 aliphatic carbocycles. The van der Waals surface area contributed by atoms with Gasteiger partial charge in [-0.25, -0.2) is 0 Å². The van der Waals surface area contributed by atoms with E-state index in [0.717, 1.165) is 22.9 Å². The van der Waals surface area contributed by atoms with Gasteiger partial charge in [-0.2, -0.15) is 0 Å². The van der Waals surface area contributed by atoms with Crippen molar-refractivity contribution in [1.29, 1.82) is 0 Å². The predicted molar refractivity (Wildman–Crippen MR) is 83.6 cm³/mol. The Morgan fingerprint density at radius 2 is 2.10 bits per heavy atom. The first kappa shape index (κ1) is 15.4. The average Bonchev–Trinajstić information content (AvgIpc) is 2.91. The Bertz CT molecular complexity index is 564. The van der Waals surface area contributed by atoms with Crippen molar-refractivity contribution < 1.29 is 9.26 Å². The minimum Gasteiger partial charge on any atom is -0.485 e. The molecule has 5 nitrogen and oxygen atoms in total. The van der Waals surface area contributed by atoms with Gasteiger partial charge < -0.3 is 19.5 Å². The van der Waals surface area contributed by atoms with Gasteiger partial charge in [-0.15, -0.1) is 0 Å². The van der Waals surface area contributed by atoms with Gasteiger partial charge in [0.25, 0.3) is 0 Å². The molecule has 1 N–H and O–H groups in total. The first-order valence-corrected chi connectivity index (χ1v) is 7.12. The molecule has 1 aromatic carbocycles. The summed E-state index contributed by atoms with van der Waals surface area (Å²) >= 11 is 0. The van der Waals surface area contributed by atoms with Crippen LogP contribution in [-0.2, 0) is 13.2 Å². The molecule has 0 fully saturated rings. The van der Waals surface area contributed by atoms with E-state index in [4.69, 9.17) is 9.26 Å². The van der Waals surface area contributed by atoms with Crippen LogP contribution in [0.3, 0.4) is 0 Å². The molecular formula is C16H23N3O2. The topological polar surface area (TPSA) is 50.5 Å². The summed E-state index contributed by atoms with van der Waals surface area (Å²) in [5.41, 5.74) is 2.00. The number of ether oxygens (including phenoxy) is 1. The van der Waals surface area contributed by atoms with E-state index in [0.29, 0.717) is 19.2 Å². The van der Waals surface area contributed by atoms with Crippen LogP contribution in [0.2, 0.25) is 0 Å². The second-order valence-electron chi connectivity index (χ2n) is 5.50. The number of nitrogens with zero attached hydrogens (tertiary/aromatic N) is 2. The molecule has 114 valence electrons. The standard InChI is InChI=1S/C16H23N3O2/c1-12(2)17-10-13-8-16(21-18-13)11-20-15-7-5-6-14(9-15)19(3)4/h5-9,12,17H,10-11H2,1-4H3. The third kappa shape index (κ3) is 4.79. The van der Waals surface area contributed by atoms with Gasteiger partial charge in [0.2, 0.25) is 0 Å². The van der Waals surface area contributed by atoms with Crippen molar-refractivity contribution in [3.8, 4) is 5.75 Å². The van der Waals surface area contributed by atoms with Crippen molar-refractivity contribution in [3.05, 3.63) is 41.8 Å². The maximum Gasteiger partial charge on any atom is 0.174 e. The first-order chi connectivity index (χ1) is 10.0. The fourth-order valence-electron chi connectivity index (χ4n) is 1.82. The first-order valence-electron chi connectivity index (χ1n) is 7.12. The summed E-state index contributed by atoms with van der Waals surface area (Å²) < 4.78 is 11.0. The fourth-order valence-corrected chi connectivity index (χ4v) is 1.82. The summed E-state index contributed by atoms with van der Waals surface area (Å²) in [4.78, 5) is 2.04. The highest BCUT2D eigenvalue weighted by molar-refractivity contribution is 5.49. The molecule has 0 aliphatic rings. The van der Waals surface area contributed by atoms with E-state index in [1.807, 2.05) is 49.3 Å². The van der Waals surface area contributed by atoms with E-state index in [1.54, 1.807) is 0 Å². The lowest BCUT2D eigenvalue weighted by molar-refractivity contribution is 0.248. The summed E-state index contributed by atoms with van der Waals surface area (Å²) in [6, 6.07) is 10.3. The van der Waals surface area contributed by atoms with Gasteiger partial charge in [-0.05, 0) is 12.1 Å².